The SMILES string of the molecule is COc1ccc(C2NN(C(N)=O)C3=C2CCc2ccccc23)cc1. The van der Waals surface area contributed by atoms with Gasteiger partial charge in [-0.3, -0.25) is 0 Å². The number of nitrogens with one attached hydrogen (secondary N) is 1. The van der Waals surface area contributed by atoms with Gasteiger partial charge in [0.15, 0.2) is 0 Å². The van der Waals surface area contributed by atoms with E-state index in [1.807, 2.05) is 36.4 Å². The summed E-state index contributed by atoms with van der Waals surface area (Å²) in [5.74, 6) is 0.812. The van der Waals surface area contributed by atoms with Crippen LogP contribution in [0.3, 0.4) is 0 Å². The number of carbonyl (C=O) groups excluding carboxylic acids is 1. The van der Waals surface area contributed by atoms with Gasteiger partial charge in [-0.2, -0.15) is 0 Å². The second-order valence-electron chi connectivity index (χ2n) is 6.04. The van der Waals surface area contributed by atoms with Crippen molar-refractivity contribution < 1.29 is 9.53 Å². The summed E-state index contributed by atoms with van der Waals surface area (Å²) in [4.78, 5) is 12.0. The molecule has 0 radical (unpaired) electrons. The van der Waals surface area contributed by atoms with Gasteiger partial charge in [0.1, 0.15) is 5.75 Å². The number of hydrogen-bond donors (Lipinski definition) is 2. The lowest BCUT2D eigenvalue weighted by Crippen LogP contribution is -2.41. The summed E-state index contributed by atoms with van der Waals surface area (Å²) >= 11 is 0. The first-order valence-electron chi connectivity index (χ1n) is 8.00. The van der Waals surface area contributed by atoms with Crippen molar-refractivity contribution in [1.82, 2.24) is 10.4 Å². The lowest BCUT2D eigenvalue weighted by molar-refractivity contribution is 0.212. The highest BCUT2D eigenvalue weighted by molar-refractivity contribution is 5.88. The topological polar surface area (TPSA) is 67.6 Å². The zero-order valence-electron chi connectivity index (χ0n) is 13.5. The fourth-order valence-electron chi connectivity index (χ4n) is 3.59. The van der Waals surface area contributed by atoms with Crippen LogP contribution in [-0.2, 0) is 6.42 Å². The number of carbonyl (C=O) groups is 1. The zero-order chi connectivity index (χ0) is 16.7. The Morgan fingerprint density at radius 2 is 1.92 bits per heavy atom. The molecule has 0 bridgehead atoms. The van der Waals surface area contributed by atoms with Gasteiger partial charge >= 0.3 is 6.03 Å². The predicted molar refractivity (Wildman–Crippen MR) is 92.0 cm³/mol. The molecule has 5 heteroatoms. The van der Waals surface area contributed by atoms with Gasteiger partial charge in [0.05, 0.1) is 18.8 Å². The van der Waals surface area contributed by atoms with E-state index < -0.39 is 6.03 Å². The Morgan fingerprint density at radius 3 is 2.62 bits per heavy atom. The fraction of sp³-hybridized carbons (Fsp3) is 0.211. The number of fused-ring (bicyclic) bond motifs is 2. The molecule has 3 N–H and O–H groups in total. The van der Waals surface area contributed by atoms with Gasteiger partial charge < -0.3 is 10.5 Å². The summed E-state index contributed by atoms with van der Waals surface area (Å²) in [6, 6.07) is 15.6. The third-order valence-electron chi connectivity index (χ3n) is 4.74. The molecular weight excluding hydrogens is 302 g/mol. The minimum absolute atomic E-state index is 0.0493. The highest BCUT2D eigenvalue weighted by Gasteiger charge is 2.37. The molecule has 0 fully saturated rings. The maximum Gasteiger partial charge on any atom is 0.333 e. The number of urea groups is 1. The van der Waals surface area contributed by atoms with Crippen LogP contribution in [0.25, 0.3) is 5.70 Å². The molecule has 4 rings (SSSR count). The average Bonchev–Trinajstić information content (AvgIpc) is 3.02. The van der Waals surface area contributed by atoms with Gasteiger partial charge in [-0.05, 0) is 41.7 Å². The van der Waals surface area contributed by atoms with Crippen molar-refractivity contribution in [2.45, 2.75) is 18.9 Å². The van der Waals surface area contributed by atoms with Gasteiger partial charge in [-0.1, -0.05) is 36.4 Å². The molecule has 122 valence electrons. The first-order chi connectivity index (χ1) is 11.7. The summed E-state index contributed by atoms with van der Waals surface area (Å²) in [6.07, 6.45) is 1.87. The van der Waals surface area contributed by atoms with Crippen LogP contribution in [0.5, 0.6) is 5.75 Å². The lowest BCUT2D eigenvalue weighted by atomic mass is 9.85. The summed E-state index contributed by atoms with van der Waals surface area (Å²) in [7, 11) is 1.65. The van der Waals surface area contributed by atoms with Gasteiger partial charge in [-0.25, -0.2) is 15.2 Å². The molecule has 1 heterocycles. The molecule has 1 atom stereocenters. The molecule has 1 aliphatic carbocycles. The number of amides is 2. The third-order valence-corrected chi connectivity index (χ3v) is 4.74. The molecule has 0 saturated heterocycles. The monoisotopic (exact) mass is 321 g/mol. The number of hydrazine groups is 1. The fourth-order valence-corrected chi connectivity index (χ4v) is 3.59. The molecule has 2 aromatic rings. The normalized spacial score (nSPS) is 19.0. The van der Waals surface area contributed by atoms with E-state index in [-0.39, 0.29) is 6.04 Å². The predicted octanol–water partition coefficient (Wildman–Crippen LogP) is 2.99. The highest BCUT2D eigenvalue weighted by Crippen LogP contribution is 2.43. The first-order valence-corrected chi connectivity index (χ1v) is 8.00. The molecule has 2 amide bonds. The van der Waals surface area contributed by atoms with E-state index in [1.54, 1.807) is 7.11 Å². The largest absolute Gasteiger partial charge is 0.497 e. The Balaban J connectivity index is 1.81. The number of ether oxygens (including phenoxy) is 1. The maximum atomic E-state index is 12.0. The number of methoxy groups -OCH3 is 1. The van der Waals surface area contributed by atoms with E-state index in [0.29, 0.717) is 0 Å². The van der Waals surface area contributed by atoms with Crippen LogP contribution in [0.2, 0.25) is 0 Å². The Kier molecular flexibility index (Phi) is 3.50. The van der Waals surface area contributed by atoms with E-state index in [2.05, 4.69) is 17.6 Å². The van der Waals surface area contributed by atoms with Crippen molar-refractivity contribution in [1.29, 1.82) is 0 Å². The molecule has 0 spiro atoms. The molecule has 0 aromatic heterocycles. The van der Waals surface area contributed by atoms with Crippen molar-refractivity contribution in [3.05, 3.63) is 70.8 Å². The Bertz CT molecular complexity index is 827. The number of primary amides is 1. The van der Waals surface area contributed by atoms with Crippen LogP contribution < -0.4 is 15.9 Å². The number of benzene rings is 2. The maximum absolute atomic E-state index is 12.0. The Morgan fingerprint density at radius 1 is 1.17 bits per heavy atom. The number of nitrogens with two attached hydrogens (primary N) is 1. The highest BCUT2D eigenvalue weighted by atomic mass is 16.5. The van der Waals surface area contributed by atoms with E-state index >= 15 is 0 Å². The standard InChI is InChI=1S/C19H19N3O2/c1-24-14-9-6-13(7-10-14)17-16-11-8-12-4-2-3-5-15(12)18(16)22(21-17)19(20)23/h2-7,9-10,17,21H,8,11H2,1H3,(H2,20,23). The molecule has 2 aliphatic rings. The van der Waals surface area contributed by atoms with Crippen LogP contribution in [-0.4, -0.2) is 18.1 Å². The second-order valence-corrected chi connectivity index (χ2v) is 6.04. The van der Waals surface area contributed by atoms with Gasteiger partial charge in [-0.15, -0.1) is 0 Å². The summed E-state index contributed by atoms with van der Waals surface area (Å²) < 4.78 is 5.23. The summed E-state index contributed by atoms with van der Waals surface area (Å²) in [5, 5.41) is 1.49. The van der Waals surface area contributed by atoms with Crippen molar-refractivity contribution >= 4 is 11.7 Å². The number of nitrogens with zero attached hydrogens (tertiary/aromatic N) is 1. The molecular formula is C19H19N3O2. The van der Waals surface area contributed by atoms with Crippen LogP contribution in [0.15, 0.2) is 54.1 Å². The smallest absolute Gasteiger partial charge is 0.333 e. The van der Waals surface area contributed by atoms with Gasteiger partial charge in [0.2, 0.25) is 0 Å². The van der Waals surface area contributed by atoms with Crippen LogP contribution in [0.1, 0.15) is 29.2 Å². The van der Waals surface area contributed by atoms with Crippen molar-refractivity contribution in [3.8, 4) is 5.75 Å². The van der Waals surface area contributed by atoms with E-state index in [4.69, 9.17) is 10.5 Å². The Labute approximate surface area is 140 Å². The third kappa shape index (κ3) is 2.25. The molecule has 24 heavy (non-hydrogen) atoms. The molecule has 1 unspecified atom stereocenters. The minimum atomic E-state index is -0.491. The molecule has 1 aliphatic heterocycles. The van der Waals surface area contributed by atoms with Crippen molar-refractivity contribution in [2.75, 3.05) is 7.11 Å². The van der Waals surface area contributed by atoms with E-state index in [0.717, 1.165) is 35.4 Å². The second kappa shape index (κ2) is 5.69. The quantitative estimate of drug-likeness (QED) is 0.893. The lowest BCUT2D eigenvalue weighted by Gasteiger charge is -2.23. The first kappa shape index (κ1) is 14.8. The van der Waals surface area contributed by atoms with Crippen molar-refractivity contribution in [2.24, 2.45) is 5.73 Å². The molecule has 5 nitrogen and oxygen atoms in total. The molecule has 2 aromatic carbocycles. The number of aryl methyl sites for hydroxylation is 1. The van der Waals surface area contributed by atoms with Crippen LogP contribution in [0.4, 0.5) is 4.79 Å². The van der Waals surface area contributed by atoms with Gasteiger partial charge in [0, 0.05) is 5.56 Å². The van der Waals surface area contributed by atoms with Gasteiger partial charge in [0.25, 0.3) is 0 Å². The van der Waals surface area contributed by atoms with Crippen LogP contribution in [0, 0.1) is 0 Å². The number of hydrogen-bond acceptors (Lipinski definition) is 3. The average molecular weight is 321 g/mol. The van der Waals surface area contributed by atoms with E-state index in [9.17, 15) is 4.79 Å². The molecule has 0 saturated carbocycles. The minimum Gasteiger partial charge on any atom is -0.497 e. The summed E-state index contributed by atoms with van der Waals surface area (Å²) in [6.45, 7) is 0. The van der Waals surface area contributed by atoms with E-state index in [1.165, 1.54) is 16.1 Å². The number of rotatable bonds is 2. The Hall–Kier alpha value is -2.79. The zero-order valence-corrected chi connectivity index (χ0v) is 13.5. The van der Waals surface area contributed by atoms with Crippen LogP contribution >= 0.6 is 0 Å². The van der Waals surface area contributed by atoms with Crippen molar-refractivity contribution in [3.63, 3.8) is 0 Å². The summed E-state index contributed by atoms with van der Waals surface area (Å²) in [5.41, 5.74) is 14.4.